The van der Waals surface area contributed by atoms with E-state index in [2.05, 4.69) is 9.97 Å². The van der Waals surface area contributed by atoms with Crippen LogP contribution in [0.2, 0.25) is 0 Å². The third-order valence-corrected chi connectivity index (χ3v) is 9.49. The molecule has 0 N–H and O–H groups in total. The van der Waals surface area contributed by atoms with Gasteiger partial charge in [-0.05, 0) is 66.3 Å². The quantitative estimate of drug-likeness (QED) is 0.163. The van der Waals surface area contributed by atoms with E-state index in [4.69, 9.17) is 29.1 Å². The molecular formula is C56H34N2O. The van der Waals surface area contributed by atoms with Crippen molar-refractivity contribution in [3.8, 4) is 56.2 Å². The van der Waals surface area contributed by atoms with Gasteiger partial charge in [0.25, 0.3) is 0 Å². The van der Waals surface area contributed by atoms with Crippen LogP contribution in [-0.4, -0.2) is 9.97 Å². The van der Waals surface area contributed by atoms with Crippen molar-refractivity contribution in [2.75, 3.05) is 0 Å². The van der Waals surface area contributed by atoms with E-state index in [1.165, 1.54) is 0 Å². The molecule has 0 amide bonds. The summed E-state index contributed by atoms with van der Waals surface area (Å²) in [4.78, 5) is 8.56. The third kappa shape index (κ3) is 5.29. The fourth-order valence-electron chi connectivity index (χ4n) is 6.96. The number of benzene rings is 9. The van der Waals surface area contributed by atoms with Crippen molar-refractivity contribution in [1.29, 1.82) is 0 Å². The number of pyridine rings is 2. The first-order valence-corrected chi connectivity index (χ1v) is 17.3. The number of hydrogen-bond donors (Lipinski definition) is 0. The highest BCUT2D eigenvalue weighted by molar-refractivity contribution is 6.16. The molecule has 0 unspecified atom stereocenters. The second-order valence-corrected chi connectivity index (χ2v) is 12.6. The minimum absolute atomic E-state index is 0.538. The van der Waals surface area contributed by atoms with Crippen molar-refractivity contribution in [2.45, 2.75) is 0 Å². The molecule has 0 atom stereocenters. The highest BCUT2D eigenvalue weighted by Gasteiger charge is 2.29. The Balaban J connectivity index is 1.47. The summed E-state index contributed by atoms with van der Waals surface area (Å²) in [6.07, 6.45) is -0.857. The lowest BCUT2D eigenvalue weighted by Gasteiger charge is -2.16. The van der Waals surface area contributed by atoms with E-state index in [0.29, 0.717) is 0 Å². The summed E-state index contributed by atoms with van der Waals surface area (Å²) in [5, 5.41) is -8.18. The number of furan rings is 1. The molecule has 3 heterocycles. The average Bonchev–Trinajstić information content (AvgIpc) is 1.66. The van der Waals surface area contributed by atoms with Crippen LogP contribution in [0.1, 0.15) is 46.6 Å². The Morgan fingerprint density at radius 1 is 0.322 bits per heavy atom. The second kappa shape index (κ2) is 13.4. The van der Waals surface area contributed by atoms with E-state index in [1.54, 1.807) is 0 Å². The molecule has 0 fully saturated rings. The highest BCUT2D eigenvalue weighted by Crippen LogP contribution is 2.53. The number of fused-ring (bicyclic) bond motifs is 7. The number of hydrogen-bond acceptors (Lipinski definition) is 3. The highest BCUT2D eigenvalue weighted by atomic mass is 16.3. The zero-order valence-electron chi connectivity index (χ0n) is 63.3. The number of rotatable bonds is 5. The predicted octanol–water partition coefficient (Wildman–Crippen LogP) is 15.3. The Hall–Kier alpha value is -7.88. The van der Waals surface area contributed by atoms with Gasteiger partial charge in [-0.25, -0.2) is 4.98 Å². The Labute approximate surface area is 388 Å². The molecular weight excluding hydrogens is 717 g/mol. The lowest BCUT2D eigenvalue weighted by atomic mass is 9.85. The summed E-state index contributed by atoms with van der Waals surface area (Å²) in [5.74, 6) is -2.34. The molecule has 0 bridgehead atoms. The van der Waals surface area contributed by atoms with Gasteiger partial charge in [0.05, 0.1) is 63.3 Å². The first-order valence-electron chi connectivity index (χ1n) is 34.3. The first-order chi connectivity index (χ1) is 43.4. The molecule has 12 rings (SSSR count). The largest absolute Gasteiger partial charge is 0.455 e. The molecule has 59 heavy (non-hydrogen) atoms. The Kier molecular flexibility index (Phi) is 3.15. The zero-order chi connectivity index (χ0) is 68.5. The van der Waals surface area contributed by atoms with Crippen molar-refractivity contribution < 1.29 is 51.0 Å². The van der Waals surface area contributed by atoms with E-state index in [0.717, 1.165) is 0 Å². The van der Waals surface area contributed by atoms with Crippen LogP contribution in [0.15, 0.2) is 210 Å². The lowest BCUT2D eigenvalue weighted by Crippen LogP contribution is -1.93. The van der Waals surface area contributed by atoms with Gasteiger partial charge in [-0.3, -0.25) is 4.98 Å². The fraction of sp³-hybridized carbons (Fsp3) is 0. The van der Waals surface area contributed by atoms with E-state index in [1.807, 2.05) is 0 Å². The van der Waals surface area contributed by atoms with Crippen molar-refractivity contribution in [2.24, 2.45) is 0 Å². The summed E-state index contributed by atoms with van der Waals surface area (Å²) < 4.78 is 320. The Bertz CT molecular complexity index is 5600. The Morgan fingerprint density at radius 2 is 0.746 bits per heavy atom. The lowest BCUT2D eigenvalue weighted by molar-refractivity contribution is 0.600. The van der Waals surface area contributed by atoms with Crippen molar-refractivity contribution in [1.82, 2.24) is 9.97 Å². The van der Waals surface area contributed by atoms with E-state index < -0.39 is 327 Å². The molecule has 0 aliphatic carbocycles. The van der Waals surface area contributed by atoms with Crippen LogP contribution in [0.3, 0.4) is 0 Å². The van der Waals surface area contributed by atoms with E-state index >= 15 is 0 Å². The first kappa shape index (κ1) is 13.9. The normalized spacial score (nSPS) is 19.8. The molecule has 0 saturated heterocycles. The van der Waals surface area contributed by atoms with Crippen LogP contribution in [-0.2, 0) is 0 Å². The van der Waals surface area contributed by atoms with E-state index in [-0.39, 0.29) is 0 Å². The maximum Gasteiger partial charge on any atom is 0.143 e. The van der Waals surface area contributed by atoms with Gasteiger partial charge in [0.15, 0.2) is 0 Å². The molecule has 0 radical (unpaired) electrons. The van der Waals surface area contributed by atoms with Crippen molar-refractivity contribution >= 4 is 64.9 Å². The third-order valence-electron chi connectivity index (χ3n) is 9.49. The molecule has 274 valence electrons. The second-order valence-electron chi connectivity index (χ2n) is 12.6. The summed E-state index contributed by atoms with van der Waals surface area (Å²) >= 11 is 0. The smallest absolute Gasteiger partial charge is 0.143 e. The average molecular weight is 785 g/mol. The van der Waals surface area contributed by atoms with Crippen molar-refractivity contribution in [3.63, 3.8) is 0 Å². The van der Waals surface area contributed by atoms with Gasteiger partial charge in [0.1, 0.15) is 11.5 Å². The summed E-state index contributed by atoms with van der Waals surface area (Å²) in [7, 11) is 0. The standard InChI is InChI=1S/C56H34N2O/c1-4-20-40-35(13-1)16-9-25-46(40)51-52(56(49-27-11-18-37-15-3-6-22-42(37)49)59-55(51)48-26-10-17-36-14-2-5-21-41(36)48)47-32-31-45(43-23-7-8-24-44(43)47)50-33-30-39-29-28-38-19-12-34-57-53(38)54(39)58-50/h1-34H/i1D,2D,3D,4D,5D,6D,7D,8D,9D,10D,11D,12D,13D,14D,15D,16D,17D,18D,19D,20D,21D,22D,23D,24D,25D,26D,27D,28D,29D,30D,31D,32D,33D,34D. The molecule has 0 saturated carbocycles. The maximum atomic E-state index is 10.4. The predicted molar refractivity (Wildman–Crippen MR) is 247 cm³/mol. The molecule has 0 aliphatic heterocycles. The van der Waals surface area contributed by atoms with Crippen LogP contribution >= 0.6 is 0 Å². The van der Waals surface area contributed by atoms with Gasteiger partial charge in [-0.2, -0.15) is 0 Å². The zero-order valence-corrected chi connectivity index (χ0v) is 29.3. The van der Waals surface area contributed by atoms with Crippen LogP contribution in [0.5, 0.6) is 0 Å². The molecule has 3 heteroatoms. The molecule has 3 aromatic heterocycles. The van der Waals surface area contributed by atoms with Crippen LogP contribution in [0.4, 0.5) is 0 Å². The summed E-state index contributed by atoms with van der Waals surface area (Å²) in [6, 6.07) is -35.2. The number of nitrogens with zero attached hydrogens (tertiary/aromatic N) is 2. The molecule has 3 nitrogen and oxygen atoms in total. The number of aromatic nitrogens is 2. The fourth-order valence-corrected chi connectivity index (χ4v) is 6.96. The maximum absolute atomic E-state index is 10.4. The monoisotopic (exact) mass is 784 g/mol. The SMILES string of the molecule is [2H]c1nc2c(c([2H])c1[2H])c([2H])c([2H])c1c([2H])c([2H])c(-c3c([2H])c([2H])c(-c4c(-c5c([2H])c([2H])c([2H])c6c([2H])c([2H])c([2H])c([2H])c56)oc(-c5c([2H])c([2H])c([2H])c6c([2H])c([2H])c([2H])c([2H])c56)c4-c4c([2H])c([2H])c([2H])c5c([2H])c([2H])c([2H])c([2H])c45)c4c([2H])c([2H])c([2H])c([2H])c34)nc12. The van der Waals surface area contributed by atoms with Crippen LogP contribution in [0.25, 0.3) is 121 Å². The van der Waals surface area contributed by atoms with Gasteiger partial charge in [0.2, 0.25) is 0 Å². The molecule has 0 spiro atoms. The minimum Gasteiger partial charge on any atom is -0.455 e. The van der Waals surface area contributed by atoms with Gasteiger partial charge in [-0.15, -0.1) is 0 Å². The summed E-state index contributed by atoms with van der Waals surface area (Å²) in [5.41, 5.74) is -9.30. The topological polar surface area (TPSA) is 38.9 Å². The Morgan fingerprint density at radius 3 is 1.36 bits per heavy atom. The van der Waals surface area contributed by atoms with E-state index in [9.17, 15) is 21.9 Å². The summed E-state index contributed by atoms with van der Waals surface area (Å²) in [6.45, 7) is 0. The minimum atomic E-state index is -1.32. The van der Waals surface area contributed by atoms with Crippen molar-refractivity contribution in [3.05, 3.63) is 206 Å². The molecule has 12 aromatic rings. The van der Waals surface area contributed by atoms with Crippen LogP contribution < -0.4 is 0 Å². The molecule has 0 aliphatic rings. The van der Waals surface area contributed by atoms with Gasteiger partial charge in [-0.1, -0.05) is 187 Å². The van der Waals surface area contributed by atoms with Gasteiger partial charge >= 0.3 is 0 Å². The van der Waals surface area contributed by atoms with Gasteiger partial charge < -0.3 is 4.42 Å². The molecule has 9 aromatic carbocycles. The van der Waals surface area contributed by atoms with Crippen LogP contribution in [0, 0.1) is 0 Å². The van der Waals surface area contributed by atoms with Gasteiger partial charge in [0, 0.05) is 44.8 Å².